The lowest BCUT2D eigenvalue weighted by Gasteiger charge is -2.19. The number of aromatic nitrogens is 3. The fourth-order valence-corrected chi connectivity index (χ4v) is 3.10. The van der Waals surface area contributed by atoms with Gasteiger partial charge in [-0.25, -0.2) is 0 Å². The molecule has 0 spiro atoms. The van der Waals surface area contributed by atoms with Gasteiger partial charge in [0, 0.05) is 24.1 Å². The molecule has 2 heterocycles. The molecular formula is C15H20BrClN4. The second-order valence-corrected chi connectivity index (χ2v) is 6.28. The summed E-state index contributed by atoms with van der Waals surface area (Å²) >= 11 is 9.96. The van der Waals surface area contributed by atoms with Crippen molar-refractivity contribution in [3.8, 4) is 0 Å². The zero-order valence-corrected chi connectivity index (χ0v) is 14.9. The van der Waals surface area contributed by atoms with Crippen LogP contribution in [0.1, 0.15) is 36.5 Å². The fraction of sp³-hybridized carbons (Fsp3) is 0.467. The molecule has 21 heavy (non-hydrogen) atoms. The summed E-state index contributed by atoms with van der Waals surface area (Å²) in [6, 6.07) is 4.04. The van der Waals surface area contributed by atoms with Crippen LogP contribution >= 0.6 is 27.5 Å². The number of hydrogen-bond acceptors (Lipinski definition) is 3. The zero-order valence-electron chi connectivity index (χ0n) is 12.5. The molecule has 0 saturated heterocycles. The molecule has 0 aromatic carbocycles. The molecule has 6 heteroatoms. The van der Waals surface area contributed by atoms with Gasteiger partial charge >= 0.3 is 0 Å². The van der Waals surface area contributed by atoms with Crippen LogP contribution in [0.3, 0.4) is 0 Å². The molecule has 0 amide bonds. The number of nitrogens with zero attached hydrogens (tertiary/aromatic N) is 3. The predicted octanol–water partition coefficient (Wildman–Crippen LogP) is 3.82. The van der Waals surface area contributed by atoms with Gasteiger partial charge in [-0.15, -0.1) is 0 Å². The minimum Gasteiger partial charge on any atom is -0.308 e. The van der Waals surface area contributed by atoms with E-state index in [2.05, 4.69) is 38.3 Å². The van der Waals surface area contributed by atoms with E-state index in [9.17, 15) is 0 Å². The molecule has 1 N–H and O–H groups in total. The third-order valence-electron chi connectivity index (χ3n) is 3.42. The lowest BCUT2D eigenvalue weighted by Crippen LogP contribution is -2.26. The van der Waals surface area contributed by atoms with Gasteiger partial charge in [0.15, 0.2) is 0 Å². The molecule has 2 aromatic heterocycles. The summed E-state index contributed by atoms with van der Waals surface area (Å²) < 4.78 is 2.86. The van der Waals surface area contributed by atoms with E-state index in [1.807, 2.05) is 37.0 Å². The van der Waals surface area contributed by atoms with E-state index < -0.39 is 0 Å². The average molecular weight is 372 g/mol. The van der Waals surface area contributed by atoms with E-state index in [4.69, 9.17) is 11.6 Å². The fourth-order valence-electron chi connectivity index (χ4n) is 2.33. The van der Waals surface area contributed by atoms with Crippen molar-refractivity contribution >= 4 is 27.5 Å². The smallest absolute Gasteiger partial charge is 0.0847 e. The first-order valence-electron chi connectivity index (χ1n) is 7.06. The van der Waals surface area contributed by atoms with Gasteiger partial charge < -0.3 is 5.32 Å². The number of aryl methyl sites for hydroxylation is 2. The lowest BCUT2D eigenvalue weighted by atomic mass is 10.1. The van der Waals surface area contributed by atoms with Gasteiger partial charge in [0.25, 0.3) is 0 Å². The third kappa shape index (κ3) is 3.84. The van der Waals surface area contributed by atoms with Crippen LogP contribution in [0.25, 0.3) is 0 Å². The van der Waals surface area contributed by atoms with Crippen molar-refractivity contribution in [2.45, 2.75) is 32.7 Å². The molecule has 0 radical (unpaired) electrons. The third-order valence-corrected chi connectivity index (χ3v) is 4.58. The highest BCUT2D eigenvalue weighted by molar-refractivity contribution is 9.10. The van der Waals surface area contributed by atoms with Crippen molar-refractivity contribution in [2.24, 2.45) is 7.05 Å². The van der Waals surface area contributed by atoms with E-state index in [-0.39, 0.29) is 6.04 Å². The van der Waals surface area contributed by atoms with E-state index in [1.165, 1.54) is 0 Å². The Morgan fingerprint density at radius 1 is 1.48 bits per heavy atom. The molecule has 0 aliphatic carbocycles. The number of hydrogen-bond donors (Lipinski definition) is 1. The molecule has 0 aliphatic heterocycles. The largest absolute Gasteiger partial charge is 0.308 e. The van der Waals surface area contributed by atoms with Crippen LogP contribution in [0, 0.1) is 6.92 Å². The molecule has 1 unspecified atom stereocenters. The van der Waals surface area contributed by atoms with Crippen molar-refractivity contribution in [1.29, 1.82) is 0 Å². The molecular weight excluding hydrogens is 352 g/mol. The molecule has 114 valence electrons. The minimum atomic E-state index is 0.104. The van der Waals surface area contributed by atoms with Crippen molar-refractivity contribution in [1.82, 2.24) is 20.1 Å². The minimum absolute atomic E-state index is 0.104. The number of halogens is 2. The van der Waals surface area contributed by atoms with Gasteiger partial charge in [0.2, 0.25) is 0 Å². The Kier molecular flexibility index (Phi) is 5.79. The van der Waals surface area contributed by atoms with Crippen LogP contribution < -0.4 is 5.32 Å². The Labute approximate surface area is 139 Å². The molecule has 0 fully saturated rings. The van der Waals surface area contributed by atoms with Crippen molar-refractivity contribution in [2.75, 3.05) is 6.54 Å². The summed E-state index contributed by atoms with van der Waals surface area (Å²) in [5, 5.41) is 8.67. The second kappa shape index (κ2) is 7.38. The van der Waals surface area contributed by atoms with E-state index in [1.54, 1.807) is 0 Å². The van der Waals surface area contributed by atoms with Gasteiger partial charge in [-0.3, -0.25) is 9.67 Å². The first kappa shape index (κ1) is 16.5. The van der Waals surface area contributed by atoms with Crippen LogP contribution in [-0.2, 0) is 13.5 Å². The molecule has 0 saturated carbocycles. The standard InChI is InChI=1S/C15H20BrClN4/c1-4-7-18-12(15-11(16)6-5-8-19-15)9-13-14(17)10(2)20-21(13)3/h5-6,8,12,18H,4,7,9H2,1-3H3. The normalized spacial score (nSPS) is 12.6. The highest BCUT2D eigenvalue weighted by Gasteiger charge is 2.20. The van der Waals surface area contributed by atoms with Crippen LogP contribution in [0.4, 0.5) is 0 Å². The Hall–Kier alpha value is -0.910. The SMILES string of the molecule is CCCNC(Cc1c(Cl)c(C)nn1C)c1ncccc1Br. The zero-order chi connectivity index (χ0) is 15.4. The maximum atomic E-state index is 6.38. The summed E-state index contributed by atoms with van der Waals surface area (Å²) in [6.45, 7) is 5.01. The Balaban J connectivity index is 2.31. The van der Waals surface area contributed by atoms with Crippen LogP contribution in [0.2, 0.25) is 5.02 Å². The highest BCUT2D eigenvalue weighted by Crippen LogP contribution is 2.28. The first-order valence-corrected chi connectivity index (χ1v) is 8.23. The maximum absolute atomic E-state index is 6.38. The van der Waals surface area contributed by atoms with Gasteiger partial charge in [0.05, 0.1) is 28.1 Å². The topological polar surface area (TPSA) is 42.7 Å². The number of nitrogens with one attached hydrogen (secondary N) is 1. The second-order valence-electron chi connectivity index (χ2n) is 5.05. The molecule has 4 nitrogen and oxygen atoms in total. The van der Waals surface area contributed by atoms with E-state index >= 15 is 0 Å². The van der Waals surface area contributed by atoms with Gasteiger partial charge in [0.1, 0.15) is 0 Å². The molecule has 0 bridgehead atoms. The predicted molar refractivity (Wildman–Crippen MR) is 89.6 cm³/mol. The number of pyridine rings is 1. The Morgan fingerprint density at radius 2 is 2.24 bits per heavy atom. The van der Waals surface area contributed by atoms with Gasteiger partial charge in [-0.2, -0.15) is 5.10 Å². The van der Waals surface area contributed by atoms with Crippen molar-refractivity contribution < 1.29 is 0 Å². The van der Waals surface area contributed by atoms with Crippen LogP contribution in [-0.4, -0.2) is 21.3 Å². The van der Waals surface area contributed by atoms with E-state index in [0.717, 1.165) is 46.0 Å². The number of rotatable bonds is 6. The summed E-state index contributed by atoms with van der Waals surface area (Å²) in [4.78, 5) is 4.51. The first-order chi connectivity index (χ1) is 10.0. The quantitative estimate of drug-likeness (QED) is 0.839. The monoisotopic (exact) mass is 370 g/mol. The average Bonchev–Trinajstić information content (AvgIpc) is 2.70. The van der Waals surface area contributed by atoms with Gasteiger partial charge in [-0.1, -0.05) is 18.5 Å². The Morgan fingerprint density at radius 3 is 2.81 bits per heavy atom. The highest BCUT2D eigenvalue weighted by atomic mass is 79.9. The summed E-state index contributed by atoms with van der Waals surface area (Å²) in [5.41, 5.74) is 2.89. The summed E-state index contributed by atoms with van der Waals surface area (Å²) in [7, 11) is 1.93. The maximum Gasteiger partial charge on any atom is 0.0847 e. The van der Waals surface area contributed by atoms with E-state index in [0.29, 0.717) is 0 Å². The van der Waals surface area contributed by atoms with Crippen molar-refractivity contribution in [3.63, 3.8) is 0 Å². The van der Waals surface area contributed by atoms with Crippen molar-refractivity contribution in [3.05, 3.63) is 44.9 Å². The molecule has 2 rings (SSSR count). The summed E-state index contributed by atoms with van der Waals surface area (Å²) in [6.07, 6.45) is 3.64. The van der Waals surface area contributed by atoms with Crippen LogP contribution in [0.5, 0.6) is 0 Å². The Bertz CT molecular complexity index is 612. The molecule has 1 atom stereocenters. The molecule has 2 aromatic rings. The molecule has 0 aliphatic rings. The van der Waals surface area contributed by atoms with Gasteiger partial charge in [-0.05, 0) is 48.0 Å². The summed E-state index contributed by atoms with van der Waals surface area (Å²) in [5.74, 6) is 0. The lowest BCUT2D eigenvalue weighted by molar-refractivity contribution is 0.500. The van der Waals surface area contributed by atoms with Crippen LogP contribution in [0.15, 0.2) is 22.8 Å².